The second-order valence-electron chi connectivity index (χ2n) is 7.10. The quantitative estimate of drug-likeness (QED) is 0.411. The van der Waals surface area contributed by atoms with Gasteiger partial charge in [0.25, 0.3) is 0 Å². The zero-order valence-corrected chi connectivity index (χ0v) is 15.3. The Morgan fingerprint density at radius 1 is 1.41 bits per heavy atom. The minimum atomic E-state index is -0.278. The van der Waals surface area contributed by atoms with E-state index in [1.54, 1.807) is 0 Å². The number of rotatable bonds is 6. The van der Waals surface area contributed by atoms with Gasteiger partial charge in [0.05, 0.1) is 0 Å². The van der Waals surface area contributed by atoms with Crippen LogP contribution in [0.25, 0.3) is 0 Å². The molecule has 1 aliphatic rings. The first kappa shape index (κ1) is 19.0. The summed E-state index contributed by atoms with van der Waals surface area (Å²) in [4.78, 5) is 10.8. The molecule has 0 spiro atoms. The standard InChI is InChI=1S/C20H29ClO/c1-15(8-6-9-16(2)14-19(21)22)11-12-18-17(3)10-7-13-20(18,4)5/h6,8-9,11-12,16H,7,10,13-14H2,1-5H3/b9-6+,12-11+,15-8-. The van der Waals surface area contributed by atoms with Crippen LogP contribution in [0.15, 0.2) is 47.1 Å². The first-order chi connectivity index (χ1) is 10.2. The Morgan fingerprint density at radius 2 is 2.09 bits per heavy atom. The molecule has 1 atom stereocenters. The monoisotopic (exact) mass is 320 g/mol. The van der Waals surface area contributed by atoms with E-state index in [2.05, 4.69) is 45.9 Å². The van der Waals surface area contributed by atoms with Crippen LogP contribution in [0.2, 0.25) is 0 Å². The van der Waals surface area contributed by atoms with Crippen LogP contribution in [0.3, 0.4) is 0 Å². The zero-order chi connectivity index (χ0) is 16.8. The van der Waals surface area contributed by atoms with Gasteiger partial charge in [-0.3, -0.25) is 4.79 Å². The number of hydrogen-bond acceptors (Lipinski definition) is 1. The lowest BCUT2D eigenvalue weighted by Crippen LogP contribution is -2.19. The highest BCUT2D eigenvalue weighted by Crippen LogP contribution is 2.40. The van der Waals surface area contributed by atoms with Gasteiger partial charge < -0.3 is 0 Å². The summed E-state index contributed by atoms with van der Waals surface area (Å²) >= 11 is 5.39. The highest BCUT2D eigenvalue weighted by atomic mass is 35.5. The molecule has 0 N–H and O–H groups in total. The van der Waals surface area contributed by atoms with Gasteiger partial charge in [-0.05, 0) is 61.6 Å². The number of allylic oxidation sites excluding steroid dienone is 8. The van der Waals surface area contributed by atoms with Crippen molar-refractivity contribution < 1.29 is 4.79 Å². The van der Waals surface area contributed by atoms with Gasteiger partial charge in [-0.15, -0.1) is 0 Å². The summed E-state index contributed by atoms with van der Waals surface area (Å²) < 4.78 is 0. The topological polar surface area (TPSA) is 17.1 Å². The molecule has 0 bridgehead atoms. The van der Waals surface area contributed by atoms with Crippen LogP contribution in [-0.2, 0) is 4.79 Å². The average Bonchev–Trinajstić information content (AvgIpc) is 2.36. The Bertz CT molecular complexity index is 518. The van der Waals surface area contributed by atoms with Crippen LogP contribution < -0.4 is 0 Å². The van der Waals surface area contributed by atoms with Crippen LogP contribution in [0.4, 0.5) is 0 Å². The van der Waals surface area contributed by atoms with Gasteiger partial charge in [-0.2, -0.15) is 0 Å². The lowest BCUT2D eigenvalue weighted by Gasteiger charge is -2.32. The average molecular weight is 321 g/mol. The Kier molecular flexibility index (Phi) is 7.35. The van der Waals surface area contributed by atoms with Crippen LogP contribution in [-0.4, -0.2) is 5.24 Å². The van der Waals surface area contributed by atoms with E-state index in [1.807, 2.05) is 19.1 Å². The van der Waals surface area contributed by atoms with E-state index in [9.17, 15) is 4.79 Å². The van der Waals surface area contributed by atoms with Crippen molar-refractivity contribution in [1.82, 2.24) is 0 Å². The molecular formula is C20H29ClO. The van der Waals surface area contributed by atoms with E-state index >= 15 is 0 Å². The molecule has 0 saturated carbocycles. The van der Waals surface area contributed by atoms with Crippen molar-refractivity contribution in [2.24, 2.45) is 11.3 Å². The molecule has 122 valence electrons. The molecule has 0 aromatic rings. The Morgan fingerprint density at radius 3 is 2.68 bits per heavy atom. The minimum absolute atomic E-state index is 0.181. The smallest absolute Gasteiger partial charge is 0.222 e. The van der Waals surface area contributed by atoms with Crippen LogP contribution >= 0.6 is 11.6 Å². The van der Waals surface area contributed by atoms with Crippen molar-refractivity contribution in [3.8, 4) is 0 Å². The predicted molar refractivity (Wildman–Crippen MR) is 97.0 cm³/mol. The SMILES string of the molecule is CC1=C(/C=C/C(C)=C\C=C\C(C)CC(=O)Cl)C(C)(C)CCC1. The first-order valence-corrected chi connectivity index (χ1v) is 8.52. The highest BCUT2D eigenvalue weighted by Gasteiger charge is 2.26. The number of carbonyl (C=O) groups excluding carboxylic acids is 1. The van der Waals surface area contributed by atoms with Gasteiger partial charge in [-0.25, -0.2) is 0 Å². The largest absolute Gasteiger partial charge is 0.281 e. The molecule has 0 radical (unpaired) electrons. The third-order valence-corrected chi connectivity index (χ3v) is 4.49. The van der Waals surface area contributed by atoms with Crippen LogP contribution in [0.1, 0.15) is 60.3 Å². The van der Waals surface area contributed by atoms with E-state index in [0.29, 0.717) is 6.42 Å². The number of hydrogen-bond donors (Lipinski definition) is 0. The summed E-state index contributed by atoms with van der Waals surface area (Å²) in [6.45, 7) is 11.0. The summed E-state index contributed by atoms with van der Waals surface area (Å²) in [5.41, 5.74) is 4.49. The molecule has 0 fully saturated rings. The van der Waals surface area contributed by atoms with E-state index in [-0.39, 0.29) is 16.6 Å². The van der Waals surface area contributed by atoms with Gasteiger partial charge in [0.15, 0.2) is 0 Å². The molecule has 0 heterocycles. The second kappa shape index (κ2) is 8.53. The molecular weight excluding hydrogens is 292 g/mol. The molecule has 0 saturated heterocycles. The summed E-state index contributed by atoms with van der Waals surface area (Å²) in [6.07, 6.45) is 14.7. The maximum Gasteiger partial charge on any atom is 0.222 e. The summed E-state index contributed by atoms with van der Waals surface area (Å²) in [7, 11) is 0. The van der Waals surface area contributed by atoms with Gasteiger partial charge in [-0.1, -0.05) is 62.3 Å². The van der Waals surface area contributed by atoms with E-state index in [1.165, 1.54) is 36.0 Å². The fourth-order valence-electron chi connectivity index (χ4n) is 3.00. The van der Waals surface area contributed by atoms with E-state index in [4.69, 9.17) is 11.6 Å². The third-order valence-electron chi connectivity index (χ3n) is 4.34. The molecule has 1 nitrogen and oxygen atoms in total. The molecule has 1 unspecified atom stereocenters. The molecule has 1 rings (SSSR count). The van der Waals surface area contributed by atoms with Gasteiger partial charge in [0.2, 0.25) is 5.24 Å². The Balaban J connectivity index is 2.71. The number of halogens is 1. The normalized spacial score (nSPS) is 20.9. The highest BCUT2D eigenvalue weighted by molar-refractivity contribution is 6.63. The summed E-state index contributed by atoms with van der Waals surface area (Å²) in [5.74, 6) is 0.181. The first-order valence-electron chi connectivity index (χ1n) is 8.14. The molecule has 1 aliphatic carbocycles. The van der Waals surface area contributed by atoms with Crippen molar-refractivity contribution in [3.63, 3.8) is 0 Å². The van der Waals surface area contributed by atoms with Crippen molar-refractivity contribution >= 4 is 16.8 Å². The summed E-state index contributed by atoms with van der Waals surface area (Å²) in [5, 5.41) is -0.278. The van der Waals surface area contributed by atoms with E-state index in [0.717, 1.165) is 0 Å². The Hall–Kier alpha value is -1.08. The van der Waals surface area contributed by atoms with E-state index < -0.39 is 0 Å². The van der Waals surface area contributed by atoms with Gasteiger partial charge in [0, 0.05) is 6.42 Å². The van der Waals surface area contributed by atoms with Gasteiger partial charge in [0.1, 0.15) is 0 Å². The molecule has 0 aromatic carbocycles. The molecule has 22 heavy (non-hydrogen) atoms. The maximum atomic E-state index is 10.8. The minimum Gasteiger partial charge on any atom is -0.281 e. The lowest BCUT2D eigenvalue weighted by molar-refractivity contribution is -0.112. The van der Waals surface area contributed by atoms with Gasteiger partial charge >= 0.3 is 0 Å². The van der Waals surface area contributed by atoms with Crippen molar-refractivity contribution in [3.05, 3.63) is 47.1 Å². The molecule has 0 aliphatic heterocycles. The number of carbonyl (C=O) groups is 1. The fourth-order valence-corrected chi connectivity index (χ4v) is 3.24. The van der Waals surface area contributed by atoms with Crippen molar-refractivity contribution in [2.75, 3.05) is 0 Å². The van der Waals surface area contributed by atoms with Crippen molar-refractivity contribution in [1.29, 1.82) is 0 Å². The lowest BCUT2D eigenvalue weighted by atomic mass is 9.72. The second-order valence-corrected chi connectivity index (χ2v) is 7.52. The molecule has 0 amide bonds. The predicted octanol–water partition coefficient (Wildman–Crippen LogP) is 6.36. The van der Waals surface area contributed by atoms with Crippen LogP contribution in [0.5, 0.6) is 0 Å². The fraction of sp³-hybridized carbons (Fsp3) is 0.550. The summed E-state index contributed by atoms with van der Waals surface area (Å²) in [6, 6.07) is 0. The van der Waals surface area contributed by atoms with Crippen LogP contribution in [0, 0.1) is 11.3 Å². The maximum absolute atomic E-state index is 10.8. The van der Waals surface area contributed by atoms with Crippen molar-refractivity contribution in [2.45, 2.75) is 60.3 Å². The Labute approximate surface area is 140 Å². The molecule has 0 aromatic heterocycles. The third kappa shape index (κ3) is 6.36. The zero-order valence-electron chi connectivity index (χ0n) is 14.6. The molecule has 2 heteroatoms.